The number of para-hydroxylation sites is 1. The molecule has 7 nitrogen and oxygen atoms in total. The number of aryl methyl sites for hydroxylation is 1. The van der Waals surface area contributed by atoms with E-state index in [1.807, 2.05) is 31.2 Å². The molecule has 0 saturated heterocycles. The second-order valence-electron chi connectivity index (χ2n) is 5.29. The number of hydrazine groups is 1. The average Bonchev–Trinajstić information content (AvgIpc) is 3.15. The highest BCUT2D eigenvalue weighted by atomic mass is 32.1. The quantitative estimate of drug-likeness (QED) is 0.627. The molecule has 0 atom stereocenters. The molecule has 2 amide bonds. The molecule has 0 spiro atoms. The van der Waals surface area contributed by atoms with Gasteiger partial charge in [0.2, 0.25) is 5.91 Å². The van der Waals surface area contributed by atoms with Crippen LogP contribution in [-0.4, -0.2) is 21.4 Å². The van der Waals surface area contributed by atoms with Gasteiger partial charge in [0, 0.05) is 41.1 Å². The number of aromatic amines is 1. The number of H-pyrrole nitrogens is 1. The van der Waals surface area contributed by atoms with Crippen LogP contribution in [0.25, 0.3) is 10.9 Å². The Morgan fingerprint density at radius 3 is 2.79 bits per heavy atom. The van der Waals surface area contributed by atoms with Crippen molar-refractivity contribution in [2.24, 2.45) is 0 Å². The van der Waals surface area contributed by atoms with Gasteiger partial charge in [-0.1, -0.05) is 29.5 Å². The van der Waals surface area contributed by atoms with Crippen molar-refractivity contribution in [2.75, 3.05) is 0 Å². The van der Waals surface area contributed by atoms with E-state index in [2.05, 4.69) is 15.8 Å². The zero-order valence-corrected chi connectivity index (χ0v) is 13.8. The number of rotatable bonds is 4. The first-order valence-corrected chi connectivity index (χ1v) is 8.24. The molecule has 0 unspecified atom stereocenters. The van der Waals surface area contributed by atoms with Crippen LogP contribution in [0.3, 0.4) is 0 Å². The van der Waals surface area contributed by atoms with Crippen LogP contribution < -0.4 is 15.7 Å². The summed E-state index contributed by atoms with van der Waals surface area (Å²) in [4.78, 5) is 38.5. The van der Waals surface area contributed by atoms with Crippen LogP contribution in [0.2, 0.25) is 0 Å². The number of hydrogen-bond acceptors (Lipinski definition) is 4. The molecule has 3 rings (SSSR count). The van der Waals surface area contributed by atoms with Gasteiger partial charge in [0.15, 0.2) is 0 Å². The number of hydrogen-bond donors (Lipinski definition) is 3. The van der Waals surface area contributed by atoms with Gasteiger partial charge in [-0.25, -0.2) is 0 Å². The lowest BCUT2D eigenvalue weighted by atomic mass is 10.2. The molecule has 0 aliphatic rings. The molecular formula is C16H16N4O3S. The van der Waals surface area contributed by atoms with Gasteiger partial charge in [-0.15, -0.1) is 0 Å². The summed E-state index contributed by atoms with van der Waals surface area (Å²) >= 11 is 1.10. The maximum Gasteiger partial charge on any atom is 0.307 e. The van der Waals surface area contributed by atoms with Crippen molar-refractivity contribution in [3.63, 3.8) is 0 Å². The van der Waals surface area contributed by atoms with E-state index in [0.717, 1.165) is 27.9 Å². The maximum atomic E-state index is 12.2. The number of aromatic nitrogens is 2. The number of benzene rings is 1. The lowest BCUT2D eigenvalue weighted by Gasteiger charge is -2.08. The predicted octanol–water partition coefficient (Wildman–Crippen LogP) is 1.55. The van der Waals surface area contributed by atoms with Gasteiger partial charge in [-0.2, -0.15) is 0 Å². The zero-order chi connectivity index (χ0) is 17.1. The molecule has 0 saturated carbocycles. The first-order valence-electron chi connectivity index (χ1n) is 7.36. The summed E-state index contributed by atoms with van der Waals surface area (Å²) < 4.78 is 1.53. The van der Waals surface area contributed by atoms with E-state index in [9.17, 15) is 14.4 Å². The van der Waals surface area contributed by atoms with Crippen molar-refractivity contribution in [1.29, 1.82) is 0 Å². The van der Waals surface area contributed by atoms with E-state index in [4.69, 9.17) is 0 Å². The largest absolute Gasteiger partial charge is 0.360 e. The average molecular weight is 344 g/mol. The molecular weight excluding hydrogens is 328 g/mol. The fraction of sp³-hybridized carbons (Fsp3) is 0.188. The lowest BCUT2D eigenvalue weighted by Crippen LogP contribution is -2.42. The Balaban J connectivity index is 1.56. The third kappa shape index (κ3) is 3.23. The Labute approximate surface area is 141 Å². The van der Waals surface area contributed by atoms with E-state index in [1.54, 1.807) is 11.6 Å². The molecule has 1 aromatic carbocycles. The summed E-state index contributed by atoms with van der Waals surface area (Å²) in [7, 11) is 0. The molecule has 2 heterocycles. The summed E-state index contributed by atoms with van der Waals surface area (Å²) in [6.45, 7) is 2.09. The standard InChI is InChI=1S/C16H16N4O3S/c1-10-9-24-16(23)20(10)7-6-14(21)18-19-15(22)12-8-17-13-5-3-2-4-11(12)13/h2-5,8-9,17H,6-7H2,1H3,(H,18,21)(H,19,22). The van der Waals surface area contributed by atoms with Gasteiger partial charge in [0.1, 0.15) is 0 Å². The van der Waals surface area contributed by atoms with Gasteiger partial charge in [-0.3, -0.25) is 25.2 Å². The Morgan fingerprint density at radius 1 is 1.25 bits per heavy atom. The second-order valence-corrected chi connectivity index (χ2v) is 6.12. The van der Waals surface area contributed by atoms with Crippen LogP contribution in [0.5, 0.6) is 0 Å². The highest BCUT2D eigenvalue weighted by Gasteiger charge is 2.12. The van der Waals surface area contributed by atoms with Crippen molar-refractivity contribution < 1.29 is 9.59 Å². The van der Waals surface area contributed by atoms with Crippen molar-refractivity contribution in [1.82, 2.24) is 20.4 Å². The first kappa shape index (κ1) is 16.0. The minimum atomic E-state index is -0.398. The Kier molecular flexibility index (Phi) is 4.48. The molecule has 24 heavy (non-hydrogen) atoms. The van der Waals surface area contributed by atoms with Crippen LogP contribution in [0.15, 0.2) is 40.6 Å². The first-order chi connectivity index (χ1) is 11.6. The van der Waals surface area contributed by atoms with Gasteiger partial charge in [0.05, 0.1) is 5.56 Å². The third-order valence-electron chi connectivity index (χ3n) is 3.69. The minimum absolute atomic E-state index is 0.0943. The van der Waals surface area contributed by atoms with Crippen LogP contribution in [0.1, 0.15) is 22.5 Å². The van der Waals surface area contributed by atoms with Gasteiger partial charge < -0.3 is 9.55 Å². The SMILES string of the molecule is Cc1csc(=O)n1CCC(=O)NNC(=O)c1c[nH]c2ccccc12. The molecule has 0 aliphatic carbocycles. The zero-order valence-electron chi connectivity index (χ0n) is 13.0. The minimum Gasteiger partial charge on any atom is -0.360 e. The number of carbonyl (C=O) groups excluding carboxylic acids is 2. The van der Waals surface area contributed by atoms with Crippen molar-refractivity contribution in [3.8, 4) is 0 Å². The van der Waals surface area contributed by atoms with E-state index in [-0.39, 0.29) is 23.7 Å². The molecule has 0 bridgehead atoms. The fourth-order valence-corrected chi connectivity index (χ4v) is 3.16. The van der Waals surface area contributed by atoms with E-state index in [1.165, 1.54) is 4.57 Å². The van der Waals surface area contributed by atoms with E-state index in [0.29, 0.717) is 5.56 Å². The normalized spacial score (nSPS) is 10.7. The fourth-order valence-electron chi connectivity index (χ4n) is 2.40. The highest BCUT2D eigenvalue weighted by Crippen LogP contribution is 2.17. The topological polar surface area (TPSA) is 96.0 Å². The van der Waals surface area contributed by atoms with Gasteiger partial charge in [-0.05, 0) is 13.0 Å². The molecule has 0 fully saturated rings. The highest BCUT2D eigenvalue weighted by molar-refractivity contribution is 7.07. The Hall–Kier alpha value is -2.87. The molecule has 2 aromatic heterocycles. The van der Waals surface area contributed by atoms with Gasteiger partial charge in [0.25, 0.3) is 5.91 Å². The van der Waals surface area contributed by atoms with Crippen molar-refractivity contribution in [2.45, 2.75) is 19.9 Å². The summed E-state index contributed by atoms with van der Waals surface area (Å²) in [6, 6.07) is 7.41. The van der Waals surface area contributed by atoms with Gasteiger partial charge >= 0.3 is 4.87 Å². The van der Waals surface area contributed by atoms with Crippen molar-refractivity contribution >= 4 is 34.1 Å². The second kappa shape index (κ2) is 6.71. The number of fused-ring (bicyclic) bond motifs is 1. The van der Waals surface area contributed by atoms with E-state index >= 15 is 0 Å². The summed E-state index contributed by atoms with van der Waals surface area (Å²) in [5.74, 6) is -0.759. The Morgan fingerprint density at radius 2 is 2.04 bits per heavy atom. The number of nitrogens with one attached hydrogen (secondary N) is 3. The smallest absolute Gasteiger partial charge is 0.307 e. The molecule has 0 radical (unpaired) electrons. The van der Waals surface area contributed by atoms with Crippen LogP contribution in [-0.2, 0) is 11.3 Å². The van der Waals surface area contributed by atoms with Crippen molar-refractivity contribution in [3.05, 3.63) is 56.8 Å². The monoisotopic (exact) mass is 344 g/mol. The van der Waals surface area contributed by atoms with Crippen LogP contribution in [0.4, 0.5) is 0 Å². The summed E-state index contributed by atoms with van der Waals surface area (Å²) in [5, 5.41) is 2.53. The van der Waals surface area contributed by atoms with E-state index < -0.39 is 5.91 Å². The summed E-state index contributed by atoms with van der Waals surface area (Å²) in [5.41, 5.74) is 6.89. The molecule has 3 N–H and O–H groups in total. The Bertz CT molecular complexity index is 954. The maximum absolute atomic E-state index is 12.2. The summed E-state index contributed by atoms with van der Waals surface area (Å²) in [6.07, 6.45) is 1.70. The third-order valence-corrected chi connectivity index (χ3v) is 4.57. The lowest BCUT2D eigenvalue weighted by molar-refractivity contribution is -0.122. The predicted molar refractivity (Wildman–Crippen MR) is 91.8 cm³/mol. The molecule has 8 heteroatoms. The van der Waals surface area contributed by atoms with Crippen LogP contribution >= 0.6 is 11.3 Å². The molecule has 0 aliphatic heterocycles. The van der Waals surface area contributed by atoms with Crippen LogP contribution in [0, 0.1) is 6.92 Å². The number of carbonyl (C=O) groups is 2. The molecule has 124 valence electrons. The molecule has 3 aromatic rings. The number of thiazole rings is 1. The number of amides is 2. The number of nitrogens with zero attached hydrogens (tertiary/aromatic N) is 1.